The van der Waals surface area contributed by atoms with Crippen molar-refractivity contribution in [2.75, 3.05) is 13.2 Å². The Balaban J connectivity index is 0. The van der Waals surface area contributed by atoms with Gasteiger partial charge in [-0.3, -0.25) is 4.57 Å². The molecule has 0 radical (unpaired) electrons. The lowest BCUT2D eigenvalue weighted by molar-refractivity contribution is -0.225. The van der Waals surface area contributed by atoms with Crippen molar-refractivity contribution < 1.29 is 18.5 Å². The standard InChI is InChI=1S/C16H35O4P.H3N/c1-15(2)11-7-5-9-13-19-21(17,18)20-14-10-6-8-12-16(3)4;/h15-16H,5-14H2,1-4H3,(H,17,18);1H3. The van der Waals surface area contributed by atoms with Gasteiger partial charge in [-0.15, -0.1) is 0 Å². The number of hydrogen-bond donors (Lipinski definition) is 1. The van der Waals surface area contributed by atoms with Crippen molar-refractivity contribution in [3.63, 3.8) is 0 Å². The molecule has 0 atom stereocenters. The molecule has 6 heteroatoms. The maximum Gasteiger partial charge on any atom is 0.267 e. The molecule has 0 aliphatic heterocycles. The first-order valence-corrected chi connectivity index (χ1v) is 9.89. The van der Waals surface area contributed by atoms with Gasteiger partial charge >= 0.3 is 0 Å². The molecule has 0 aromatic rings. The minimum absolute atomic E-state index is 0. The van der Waals surface area contributed by atoms with Crippen molar-refractivity contribution in [1.29, 1.82) is 0 Å². The van der Waals surface area contributed by atoms with E-state index in [1.165, 1.54) is 12.8 Å². The van der Waals surface area contributed by atoms with Gasteiger partial charge in [0.15, 0.2) is 0 Å². The number of phosphoric acid groups is 1. The second-order valence-electron chi connectivity index (χ2n) is 6.60. The summed E-state index contributed by atoms with van der Waals surface area (Å²) in [6.07, 6.45) is 8.18. The topological polar surface area (TPSA) is 95.1 Å². The van der Waals surface area contributed by atoms with Gasteiger partial charge in [-0.2, -0.15) is 0 Å². The maximum absolute atomic E-state index is 11.5. The molecular formula is C16H38NO4P. The largest absolute Gasteiger partial charge is 0.756 e. The number of unbranched alkanes of at least 4 members (excludes halogenated alkanes) is 4. The van der Waals surface area contributed by atoms with E-state index in [9.17, 15) is 9.46 Å². The van der Waals surface area contributed by atoms with E-state index in [0.717, 1.165) is 38.5 Å². The lowest BCUT2D eigenvalue weighted by Crippen LogP contribution is -2.10. The van der Waals surface area contributed by atoms with E-state index in [1.54, 1.807) is 0 Å². The third-order valence-corrected chi connectivity index (χ3v) is 4.35. The Labute approximate surface area is 137 Å². The van der Waals surface area contributed by atoms with Crippen molar-refractivity contribution in [2.45, 2.75) is 79.1 Å². The quantitative estimate of drug-likeness (QED) is 0.343. The highest BCUT2D eigenvalue weighted by Gasteiger charge is 2.08. The molecule has 5 nitrogen and oxygen atoms in total. The monoisotopic (exact) mass is 339 g/mol. The van der Waals surface area contributed by atoms with Gasteiger partial charge < -0.3 is 20.1 Å². The summed E-state index contributed by atoms with van der Waals surface area (Å²) in [6, 6.07) is 0. The molecule has 0 heterocycles. The summed E-state index contributed by atoms with van der Waals surface area (Å²) in [5, 5.41) is 0. The molecule has 136 valence electrons. The second kappa shape index (κ2) is 14.6. The van der Waals surface area contributed by atoms with Crippen LogP contribution >= 0.6 is 7.82 Å². The fourth-order valence-electron chi connectivity index (χ4n) is 2.05. The van der Waals surface area contributed by atoms with Gasteiger partial charge in [0, 0.05) is 0 Å². The third kappa shape index (κ3) is 18.1. The van der Waals surface area contributed by atoms with Crippen LogP contribution in [0.3, 0.4) is 0 Å². The lowest BCUT2D eigenvalue weighted by atomic mass is 10.1. The Morgan fingerprint density at radius 1 is 0.773 bits per heavy atom. The summed E-state index contributed by atoms with van der Waals surface area (Å²) in [5.41, 5.74) is 0. The number of phosphoric ester groups is 1. The molecular weight excluding hydrogens is 301 g/mol. The van der Waals surface area contributed by atoms with Crippen LogP contribution in [0.5, 0.6) is 0 Å². The van der Waals surface area contributed by atoms with Crippen molar-refractivity contribution in [1.82, 2.24) is 6.15 Å². The fourth-order valence-corrected chi connectivity index (χ4v) is 2.83. The maximum atomic E-state index is 11.5. The van der Waals surface area contributed by atoms with Crippen molar-refractivity contribution in [2.24, 2.45) is 11.8 Å². The Bertz CT molecular complexity index is 261. The molecule has 0 aromatic heterocycles. The molecule has 0 aliphatic rings. The second-order valence-corrected chi connectivity index (χ2v) is 8.01. The molecule has 0 amide bonds. The summed E-state index contributed by atoms with van der Waals surface area (Å²) in [4.78, 5) is 11.5. The number of rotatable bonds is 14. The molecule has 0 saturated carbocycles. The minimum atomic E-state index is -4.08. The molecule has 0 aromatic carbocycles. The highest BCUT2D eigenvalue weighted by Crippen LogP contribution is 2.38. The van der Waals surface area contributed by atoms with Crippen LogP contribution in [-0.4, -0.2) is 13.2 Å². The first-order valence-electron chi connectivity index (χ1n) is 8.43. The highest BCUT2D eigenvalue weighted by atomic mass is 31.2. The highest BCUT2D eigenvalue weighted by molar-refractivity contribution is 7.45. The SMILES string of the molecule is CC(C)CCCCCOP(=O)([O-])OCCCCCC(C)C.[NH4+]. The minimum Gasteiger partial charge on any atom is -0.756 e. The van der Waals surface area contributed by atoms with E-state index < -0.39 is 7.82 Å². The van der Waals surface area contributed by atoms with Gasteiger partial charge in [0.1, 0.15) is 0 Å². The van der Waals surface area contributed by atoms with Crippen LogP contribution in [0.2, 0.25) is 0 Å². The molecule has 0 unspecified atom stereocenters. The average Bonchev–Trinajstić information content (AvgIpc) is 2.37. The van der Waals surface area contributed by atoms with E-state index in [4.69, 9.17) is 9.05 Å². The van der Waals surface area contributed by atoms with Gasteiger partial charge in [-0.25, -0.2) is 0 Å². The molecule has 0 rings (SSSR count). The van der Waals surface area contributed by atoms with E-state index >= 15 is 0 Å². The smallest absolute Gasteiger partial charge is 0.267 e. The van der Waals surface area contributed by atoms with Crippen molar-refractivity contribution in [3.05, 3.63) is 0 Å². The summed E-state index contributed by atoms with van der Waals surface area (Å²) < 4.78 is 21.2. The Morgan fingerprint density at radius 2 is 1.14 bits per heavy atom. The van der Waals surface area contributed by atoms with Crippen LogP contribution in [0.25, 0.3) is 0 Å². The third-order valence-electron chi connectivity index (χ3n) is 3.35. The van der Waals surface area contributed by atoms with E-state index in [-0.39, 0.29) is 19.4 Å². The first kappa shape index (κ1) is 24.3. The molecule has 0 saturated heterocycles. The predicted molar refractivity (Wildman–Crippen MR) is 92.1 cm³/mol. The normalized spacial score (nSPS) is 12.0. The van der Waals surface area contributed by atoms with E-state index in [1.807, 2.05) is 0 Å². The van der Waals surface area contributed by atoms with E-state index in [2.05, 4.69) is 27.7 Å². The fraction of sp³-hybridized carbons (Fsp3) is 1.00. The summed E-state index contributed by atoms with van der Waals surface area (Å²) >= 11 is 0. The van der Waals surface area contributed by atoms with Gasteiger partial charge in [-0.05, 0) is 24.7 Å². The molecule has 4 N–H and O–H groups in total. The number of hydrogen-bond acceptors (Lipinski definition) is 4. The van der Waals surface area contributed by atoms with Crippen LogP contribution in [0.4, 0.5) is 0 Å². The van der Waals surface area contributed by atoms with Crippen LogP contribution in [0, 0.1) is 11.8 Å². The van der Waals surface area contributed by atoms with Crippen LogP contribution in [-0.2, 0) is 13.6 Å². The first-order chi connectivity index (χ1) is 9.83. The molecule has 22 heavy (non-hydrogen) atoms. The summed E-state index contributed by atoms with van der Waals surface area (Å²) in [7, 11) is -4.08. The van der Waals surface area contributed by atoms with Crippen LogP contribution < -0.4 is 11.0 Å². The van der Waals surface area contributed by atoms with Gasteiger partial charge in [0.25, 0.3) is 7.82 Å². The van der Waals surface area contributed by atoms with Crippen molar-refractivity contribution in [3.8, 4) is 0 Å². The van der Waals surface area contributed by atoms with Crippen LogP contribution in [0.1, 0.15) is 79.1 Å². The summed E-state index contributed by atoms with van der Waals surface area (Å²) in [6.45, 7) is 9.25. The number of quaternary nitrogens is 1. The Morgan fingerprint density at radius 3 is 1.45 bits per heavy atom. The van der Waals surface area contributed by atoms with Gasteiger partial charge in [0.2, 0.25) is 0 Å². The lowest BCUT2D eigenvalue weighted by Gasteiger charge is -2.22. The average molecular weight is 339 g/mol. The molecule has 0 bridgehead atoms. The summed E-state index contributed by atoms with van der Waals surface area (Å²) in [5.74, 6) is 1.41. The molecule has 0 aliphatic carbocycles. The molecule has 0 fully saturated rings. The zero-order chi connectivity index (χ0) is 16.1. The Kier molecular flexibility index (Phi) is 16.2. The van der Waals surface area contributed by atoms with Crippen LogP contribution in [0.15, 0.2) is 0 Å². The zero-order valence-electron chi connectivity index (χ0n) is 15.3. The van der Waals surface area contributed by atoms with E-state index in [0.29, 0.717) is 11.8 Å². The van der Waals surface area contributed by atoms with Crippen molar-refractivity contribution >= 4 is 7.82 Å². The van der Waals surface area contributed by atoms with Gasteiger partial charge in [-0.1, -0.05) is 66.2 Å². The Hall–Kier alpha value is 0.0700. The predicted octanol–water partition coefficient (Wildman–Crippen LogP) is 5.30. The molecule has 0 spiro atoms. The zero-order valence-corrected chi connectivity index (χ0v) is 16.2. The van der Waals surface area contributed by atoms with Gasteiger partial charge in [0.05, 0.1) is 13.2 Å².